The van der Waals surface area contributed by atoms with Crippen LogP contribution in [0.15, 0.2) is 18.2 Å². The summed E-state index contributed by atoms with van der Waals surface area (Å²) in [7, 11) is -1.36. The fourth-order valence-corrected chi connectivity index (χ4v) is 3.84. The van der Waals surface area contributed by atoms with E-state index in [4.69, 9.17) is 4.65 Å². The number of carboxylic acids is 1. The van der Waals surface area contributed by atoms with E-state index in [1.807, 2.05) is 0 Å². The number of amides is 1. The lowest BCUT2D eigenvalue weighted by Crippen LogP contribution is -2.53. The van der Waals surface area contributed by atoms with Gasteiger partial charge >= 0.3 is 13.1 Å². The molecule has 1 atom stereocenters. The highest BCUT2D eigenvalue weighted by Gasteiger charge is 2.37. The first-order valence-corrected chi connectivity index (χ1v) is 9.96. The highest BCUT2D eigenvalue weighted by Crippen LogP contribution is 2.30. The van der Waals surface area contributed by atoms with Gasteiger partial charge in [-0.25, -0.2) is 4.79 Å². The maximum Gasteiger partial charge on any atom is 0.547 e. The Labute approximate surface area is 172 Å². The number of hydrogen-bond acceptors (Lipinski definition) is 8. The number of carbonyl (C=O) groups excluding carboxylic acids is 1. The van der Waals surface area contributed by atoms with Crippen LogP contribution in [-0.4, -0.2) is 68.4 Å². The molecule has 1 fully saturated rings. The van der Waals surface area contributed by atoms with Crippen LogP contribution in [0.1, 0.15) is 34.6 Å². The van der Waals surface area contributed by atoms with E-state index in [1.165, 1.54) is 10.9 Å². The highest BCUT2D eigenvalue weighted by molar-refractivity contribution is 6.47. The Morgan fingerprint density at radius 2 is 2.13 bits per heavy atom. The van der Waals surface area contributed by atoms with Crippen molar-refractivity contribution >= 4 is 19.0 Å². The molecular weight excluding hydrogens is 391 g/mol. The maximum atomic E-state index is 12.4. The number of hydrogen-bond donors (Lipinski definition) is 4. The van der Waals surface area contributed by atoms with Gasteiger partial charge in [0.05, 0.1) is 24.5 Å². The second-order valence-corrected chi connectivity index (χ2v) is 7.62. The fourth-order valence-electron chi connectivity index (χ4n) is 3.84. The van der Waals surface area contributed by atoms with Gasteiger partial charge in [0.15, 0.2) is 5.82 Å². The van der Waals surface area contributed by atoms with Crippen molar-refractivity contribution in [1.29, 1.82) is 0 Å². The molecule has 1 saturated heterocycles. The van der Waals surface area contributed by atoms with E-state index >= 15 is 0 Å². The molecule has 2 aliphatic rings. The minimum atomic E-state index is -1.36. The van der Waals surface area contributed by atoms with Crippen LogP contribution in [0.2, 0.25) is 0 Å². The van der Waals surface area contributed by atoms with Gasteiger partial charge in [-0.15, -0.1) is 10.2 Å². The molecule has 0 bridgehead atoms. The first-order valence-electron chi connectivity index (χ1n) is 9.96. The molecule has 30 heavy (non-hydrogen) atoms. The van der Waals surface area contributed by atoms with Gasteiger partial charge < -0.3 is 25.4 Å². The van der Waals surface area contributed by atoms with Crippen molar-refractivity contribution in [3.8, 4) is 5.75 Å². The van der Waals surface area contributed by atoms with Gasteiger partial charge in [-0.05, 0) is 55.1 Å². The second-order valence-electron chi connectivity index (χ2n) is 7.62. The largest absolute Gasteiger partial charge is 0.547 e. The molecule has 158 valence electrons. The Hall–Kier alpha value is -2.99. The van der Waals surface area contributed by atoms with Gasteiger partial charge in [0.2, 0.25) is 5.91 Å². The van der Waals surface area contributed by atoms with Gasteiger partial charge in [-0.2, -0.15) is 4.80 Å². The van der Waals surface area contributed by atoms with E-state index in [0.717, 1.165) is 25.9 Å². The third-order valence-corrected chi connectivity index (χ3v) is 5.39. The van der Waals surface area contributed by atoms with Crippen LogP contribution >= 0.6 is 0 Å². The first kappa shape index (κ1) is 20.3. The number of carbonyl (C=O) groups is 2. The number of tetrazole rings is 1. The topological polar surface area (TPSA) is 151 Å². The molecule has 2 aromatic rings. The Morgan fingerprint density at radius 3 is 2.90 bits per heavy atom. The van der Waals surface area contributed by atoms with Crippen molar-refractivity contribution in [2.45, 2.75) is 38.2 Å². The number of para-hydroxylation sites is 1. The van der Waals surface area contributed by atoms with E-state index in [9.17, 15) is 19.7 Å². The third kappa shape index (κ3) is 4.60. The van der Waals surface area contributed by atoms with Crippen LogP contribution in [0.5, 0.6) is 5.75 Å². The summed E-state index contributed by atoms with van der Waals surface area (Å²) >= 11 is 0. The standard InChI is InChI=1S/C18H23BN6O5/c26-16(9-15-22-24-25(23-15)10-11-4-6-20-7-5-11)21-14-8-12-2-1-3-13(18(27)28)17(12)30-19(14)29/h1-3,11,14,20,29H,4-10H2,(H,21,26)(H,27,28). The van der Waals surface area contributed by atoms with Crippen molar-refractivity contribution in [2.24, 2.45) is 5.92 Å². The molecule has 11 nitrogen and oxygen atoms in total. The number of benzene rings is 1. The summed E-state index contributed by atoms with van der Waals surface area (Å²) in [6.07, 6.45) is 2.29. The van der Waals surface area contributed by atoms with Crippen LogP contribution in [0.3, 0.4) is 0 Å². The number of fused-ring (bicyclic) bond motifs is 1. The van der Waals surface area contributed by atoms with Crippen molar-refractivity contribution in [3.63, 3.8) is 0 Å². The normalized spacial score (nSPS) is 19.1. The van der Waals surface area contributed by atoms with Gasteiger partial charge in [0.1, 0.15) is 5.75 Å². The van der Waals surface area contributed by atoms with Crippen LogP contribution in [0, 0.1) is 5.92 Å². The zero-order valence-corrected chi connectivity index (χ0v) is 16.3. The molecule has 4 N–H and O–H groups in total. The fraction of sp³-hybridized carbons (Fsp3) is 0.500. The van der Waals surface area contributed by atoms with E-state index in [0.29, 0.717) is 23.9 Å². The minimum absolute atomic E-state index is 0.0223. The minimum Gasteiger partial charge on any atom is -0.534 e. The summed E-state index contributed by atoms with van der Waals surface area (Å²) in [5.41, 5.74) is 0.586. The number of aromatic nitrogens is 4. The molecule has 12 heteroatoms. The van der Waals surface area contributed by atoms with Gasteiger partial charge in [-0.3, -0.25) is 4.79 Å². The van der Waals surface area contributed by atoms with Crippen molar-refractivity contribution in [1.82, 2.24) is 30.8 Å². The van der Waals surface area contributed by atoms with E-state index in [-0.39, 0.29) is 30.1 Å². The Kier molecular flexibility index (Phi) is 5.95. The molecule has 0 spiro atoms. The molecule has 1 unspecified atom stereocenters. The van der Waals surface area contributed by atoms with Crippen molar-refractivity contribution < 1.29 is 24.4 Å². The average molecular weight is 414 g/mol. The molecule has 1 aromatic heterocycles. The van der Waals surface area contributed by atoms with Gasteiger partial charge in [-0.1, -0.05) is 12.1 Å². The Morgan fingerprint density at radius 1 is 1.33 bits per heavy atom. The first-order chi connectivity index (χ1) is 14.5. The van der Waals surface area contributed by atoms with Gasteiger partial charge in [0, 0.05) is 0 Å². The Balaban J connectivity index is 1.34. The molecule has 1 amide bonds. The molecule has 0 saturated carbocycles. The van der Waals surface area contributed by atoms with Crippen LogP contribution in [0.4, 0.5) is 0 Å². The average Bonchev–Trinajstić information content (AvgIpc) is 3.15. The van der Waals surface area contributed by atoms with E-state index in [1.54, 1.807) is 12.1 Å². The number of nitrogens with one attached hydrogen (secondary N) is 2. The quantitative estimate of drug-likeness (QED) is 0.439. The number of rotatable bonds is 6. The number of nitrogens with zero attached hydrogens (tertiary/aromatic N) is 4. The van der Waals surface area contributed by atoms with Crippen LogP contribution in [-0.2, 0) is 24.2 Å². The SMILES string of the molecule is O=C(Cc1nnn(CC2CCNCC2)n1)NC1Cc2cccc(C(=O)O)c2OB1O. The van der Waals surface area contributed by atoms with Crippen molar-refractivity contribution in [3.05, 3.63) is 35.2 Å². The summed E-state index contributed by atoms with van der Waals surface area (Å²) < 4.78 is 5.38. The molecular formula is C18H23BN6O5. The molecule has 4 rings (SSSR count). The molecule has 0 aliphatic carbocycles. The summed E-state index contributed by atoms with van der Waals surface area (Å²) in [6.45, 7) is 2.64. The Bertz CT molecular complexity index is 932. The second kappa shape index (κ2) is 8.80. The summed E-state index contributed by atoms with van der Waals surface area (Å²) in [6, 6.07) is 4.72. The van der Waals surface area contributed by atoms with Crippen LogP contribution in [0.25, 0.3) is 0 Å². The smallest absolute Gasteiger partial charge is 0.534 e. The number of aromatic carboxylic acids is 1. The molecule has 0 radical (unpaired) electrons. The van der Waals surface area contributed by atoms with Crippen LogP contribution < -0.4 is 15.3 Å². The summed E-state index contributed by atoms with van der Waals surface area (Å²) in [5, 5.41) is 37.8. The lowest BCUT2D eigenvalue weighted by Gasteiger charge is -2.28. The van der Waals surface area contributed by atoms with E-state index in [2.05, 4.69) is 26.0 Å². The van der Waals surface area contributed by atoms with Gasteiger partial charge in [0.25, 0.3) is 0 Å². The van der Waals surface area contributed by atoms with E-state index < -0.39 is 19.0 Å². The third-order valence-electron chi connectivity index (χ3n) is 5.39. The lowest BCUT2D eigenvalue weighted by atomic mass is 9.72. The predicted octanol–water partition coefficient (Wildman–Crippen LogP) is -0.947. The molecule has 2 aliphatic heterocycles. The summed E-state index contributed by atoms with van der Waals surface area (Å²) in [5.74, 6) is -1.29. The monoisotopic (exact) mass is 414 g/mol. The zero-order chi connectivity index (χ0) is 21.1. The maximum absolute atomic E-state index is 12.4. The number of carboxylic acid groups (broad SMARTS) is 1. The van der Waals surface area contributed by atoms with Crippen molar-refractivity contribution in [2.75, 3.05) is 13.1 Å². The molecule has 1 aromatic carbocycles. The molecule has 3 heterocycles. The lowest BCUT2D eigenvalue weighted by molar-refractivity contribution is -0.121. The summed E-state index contributed by atoms with van der Waals surface area (Å²) in [4.78, 5) is 25.3. The predicted molar refractivity (Wildman–Crippen MR) is 105 cm³/mol. The highest BCUT2D eigenvalue weighted by atomic mass is 16.5. The zero-order valence-electron chi connectivity index (χ0n) is 16.3. The number of piperidine rings is 1.